The number of benzene rings is 1. The predicted octanol–water partition coefficient (Wildman–Crippen LogP) is 5.40. The van der Waals surface area contributed by atoms with Crippen LogP contribution in [0.4, 0.5) is 6.01 Å². The zero-order chi connectivity index (χ0) is 23.2. The Bertz CT molecular complexity index is 1230. The van der Waals surface area contributed by atoms with Crippen LogP contribution < -0.4 is 5.73 Å². The van der Waals surface area contributed by atoms with Crippen LogP contribution in [0, 0.1) is 22.7 Å². The maximum Gasteiger partial charge on any atom is 0.292 e. The van der Waals surface area contributed by atoms with Crippen molar-refractivity contribution in [2.75, 3.05) is 5.73 Å². The molecule has 1 aromatic carbocycles. The van der Waals surface area contributed by atoms with Crippen LogP contribution in [0.1, 0.15) is 64.9 Å². The Kier molecular flexibility index (Phi) is 4.38. The van der Waals surface area contributed by atoms with Gasteiger partial charge in [0.25, 0.3) is 6.01 Å². The van der Waals surface area contributed by atoms with Gasteiger partial charge in [-0.3, -0.25) is 0 Å². The molecule has 174 valence electrons. The molecule has 0 aliphatic heterocycles. The Hall–Kier alpha value is -2.37. The number of nitrogen functional groups attached to an aromatic ring is 1. The SMILES string of the molecule is CC1(C)C=C2C=C3CC(O)CCC3CC[C@]2(O)C2CC=C(c3ccc4oc(N)nc4c3)C21C. The fourth-order valence-electron chi connectivity index (χ4n) is 7.44. The second-order valence-corrected chi connectivity index (χ2v) is 11.5. The van der Waals surface area contributed by atoms with Crippen LogP contribution in [-0.2, 0) is 0 Å². The molecule has 1 aromatic heterocycles. The largest absolute Gasteiger partial charge is 0.424 e. The standard InChI is InChI=1S/C28H34N2O3/c1-26(2)15-19-12-18-13-20(31)6-4-16(18)10-11-28(19,32)24-9-7-21(27(24,26)3)17-5-8-23-22(14-17)30-25(29)33-23/h5,7-8,12,14-16,20,24,31-32H,4,6,9-11,13H2,1-3H3,(H2,29,30)/t16?,20?,24?,27?,28-/m1/s1. The van der Waals surface area contributed by atoms with Gasteiger partial charge in [0.15, 0.2) is 5.58 Å². The highest BCUT2D eigenvalue weighted by Gasteiger charge is 2.62. The lowest BCUT2D eigenvalue weighted by atomic mass is 9.49. The molecule has 4 aliphatic rings. The van der Waals surface area contributed by atoms with E-state index >= 15 is 0 Å². The highest BCUT2D eigenvalue weighted by Crippen LogP contribution is 2.67. The van der Waals surface area contributed by atoms with Crippen LogP contribution in [0.3, 0.4) is 0 Å². The molecule has 33 heavy (non-hydrogen) atoms. The first-order chi connectivity index (χ1) is 15.6. The van der Waals surface area contributed by atoms with Crippen molar-refractivity contribution in [1.82, 2.24) is 4.98 Å². The molecule has 2 aromatic rings. The zero-order valence-electron chi connectivity index (χ0n) is 19.8. The monoisotopic (exact) mass is 446 g/mol. The summed E-state index contributed by atoms with van der Waals surface area (Å²) in [4.78, 5) is 4.34. The number of hydrogen-bond donors (Lipinski definition) is 3. The summed E-state index contributed by atoms with van der Waals surface area (Å²) in [5.74, 6) is 0.571. The van der Waals surface area contributed by atoms with Gasteiger partial charge in [-0.2, -0.15) is 4.98 Å². The van der Waals surface area contributed by atoms with E-state index in [1.165, 1.54) is 11.1 Å². The van der Waals surface area contributed by atoms with E-state index in [0.717, 1.165) is 55.2 Å². The van der Waals surface area contributed by atoms with E-state index in [1.807, 2.05) is 6.07 Å². The first kappa shape index (κ1) is 21.2. The van der Waals surface area contributed by atoms with Crippen molar-refractivity contribution in [2.24, 2.45) is 22.7 Å². The molecule has 4 unspecified atom stereocenters. The lowest BCUT2D eigenvalue weighted by molar-refractivity contribution is -0.0651. The molecule has 1 saturated carbocycles. The molecule has 6 rings (SSSR count). The first-order valence-electron chi connectivity index (χ1n) is 12.3. The number of aliphatic hydroxyl groups excluding tert-OH is 1. The number of oxazole rings is 1. The zero-order valence-corrected chi connectivity index (χ0v) is 19.8. The van der Waals surface area contributed by atoms with Gasteiger partial charge < -0.3 is 20.4 Å². The molecule has 0 bridgehead atoms. The number of fused-ring (bicyclic) bond motifs is 5. The van der Waals surface area contributed by atoms with E-state index in [2.05, 4.69) is 56.1 Å². The van der Waals surface area contributed by atoms with Gasteiger partial charge in [-0.1, -0.05) is 50.6 Å². The number of nitrogens with two attached hydrogens (primary N) is 1. The Morgan fingerprint density at radius 2 is 1.97 bits per heavy atom. The van der Waals surface area contributed by atoms with Crippen molar-refractivity contribution in [3.8, 4) is 0 Å². The van der Waals surface area contributed by atoms with Gasteiger partial charge in [-0.25, -0.2) is 0 Å². The number of aromatic nitrogens is 1. The Morgan fingerprint density at radius 1 is 1.15 bits per heavy atom. The smallest absolute Gasteiger partial charge is 0.292 e. The lowest BCUT2D eigenvalue weighted by Crippen LogP contribution is -2.55. The third-order valence-electron chi connectivity index (χ3n) is 9.52. The van der Waals surface area contributed by atoms with E-state index < -0.39 is 5.60 Å². The van der Waals surface area contributed by atoms with Gasteiger partial charge in [0.1, 0.15) is 5.52 Å². The number of aliphatic hydroxyl groups is 2. The fourth-order valence-corrected chi connectivity index (χ4v) is 7.44. The third kappa shape index (κ3) is 2.88. The van der Waals surface area contributed by atoms with Gasteiger partial charge in [0.05, 0.1) is 11.7 Å². The Labute approximate surface area is 195 Å². The van der Waals surface area contributed by atoms with Crippen LogP contribution >= 0.6 is 0 Å². The normalized spacial score (nSPS) is 37.4. The van der Waals surface area contributed by atoms with E-state index in [0.29, 0.717) is 11.5 Å². The number of nitrogens with zero attached hydrogens (tertiary/aromatic N) is 1. The minimum atomic E-state index is -0.861. The molecular formula is C28H34N2O3. The molecule has 1 fully saturated rings. The molecule has 0 amide bonds. The number of anilines is 1. The number of hydrogen-bond acceptors (Lipinski definition) is 5. The average Bonchev–Trinajstić information content (AvgIpc) is 3.27. The Morgan fingerprint density at radius 3 is 2.79 bits per heavy atom. The summed E-state index contributed by atoms with van der Waals surface area (Å²) < 4.78 is 5.49. The van der Waals surface area contributed by atoms with E-state index in [9.17, 15) is 10.2 Å². The minimum Gasteiger partial charge on any atom is -0.424 e. The van der Waals surface area contributed by atoms with E-state index in [4.69, 9.17) is 10.2 Å². The van der Waals surface area contributed by atoms with Crippen molar-refractivity contribution < 1.29 is 14.6 Å². The molecule has 5 atom stereocenters. The molecule has 4 aliphatic carbocycles. The highest BCUT2D eigenvalue weighted by atomic mass is 16.4. The highest BCUT2D eigenvalue weighted by molar-refractivity contribution is 5.83. The van der Waals surface area contributed by atoms with Gasteiger partial charge in [0, 0.05) is 11.3 Å². The van der Waals surface area contributed by atoms with Crippen LogP contribution in [0.2, 0.25) is 0 Å². The second kappa shape index (κ2) is 6.83. The average molecular weight is 447 g/mol. The summed E-state index contributed by atoms with van der Waals surface area (Å²) >= 11 is 0. The number of rotatable bonds is 1. The maximum atomic E-state index is 12.3. The maximum absolute atomic E-state index is 12.3. The van der Waals surface area contributed by atoms with Crippen LogP contribution in [-0.4, -0.2) is 26.9 Å². The summed E-state index contributed by atoms with van der Waals surface area (Å²) in [5, 5.41) is 22.6. The van der Waals surface area contributed by atoms with Gasteiger partial charge in [0.2, 0.25) is 0 Å². The van der Waals surface area contributed by atoms with E-state index in [-0.39, 0.29) is 28.9 Å². The second-order valence-electron chi connectivity index (χ2n) is 11.5. The first-order valence-corrected chi connectivity index (χ1v) is 12.3. The fraction of sp³-hybridized carbons (Fsp3) is 0.536. The van der Waals surface area contributed by atoms with Crippen molar-refractivity contribution in [2.45, 2.75) is 71.0 Å². The van der Waals surface area contributed by atoms with Crippen LogP contribution in [0.5, 0.6) is 0 Å². The van der Waals surface area contributed by atoms with Gasteiger partial charge in [-0.15, -0.1) is 0 Å². The molecule has 5 heteroatoms. The molecule has 4 N–H and O–H groups in total. The molecule has 1 heterocycles. The van der Waals surface area contributed by atoms with Crippen molar-refractivity contribution in [1.29, 1.82) is 0 Å². The van der Waals surface area contributed by atoms with Crippen LogP contribution in [0.25, 0.3) is 16.7 Å². The summed E-state index contributed by atoms with van der Waals surface area (Å²) in [7, 11) is 0. The Balaban J connectivity index is 1.46. The number of allylic oxidation sites excluding steroid dienone is 3. The predicted molar refractivity (Wildman–Crippen MR) is 130 cm³/mol. The minimum absolute atomic E-state index is 0.0926. The quantitative estimate of drug-likeness (QED) is 0.546. The molecule has 0 radical (unpaired) electrons. The van der Waals surface area contributed by atoms with E-state index in [1.54, 1.807) is 0 Å². The van der Waals surface area contributed by atoms with Crippen molar-refractivity contribution >= 4 is 22.7 Å². The third-order valence-corrected chi connectivity index (χ3v) is 9.52. The summed E-state index contributed by atoms with van der Waals surface area (Å²) in [6.45, 7) is 6.93. The van der Waals surface area contributed by atoms with Crippen molar-refractivity contribution in [3.63, 3.8) is 0 Å². The van der Waals surface area contributed by atoms with Crippen molar-refractivity contribution in [3.05, 3.63) is 53.1 Å². The summed E-state index contributed by atoms with van der Waals surface area (Å²) in [5.41, 5.74) is 10.8. The van der Waals surface area contributed by atoms with Gasteiger partial charge in [-0.05, 0) is 78.7 Å². The summed E-state index contributed by atoms with van der Waals surface area (Å²) in [6, 6.07) is 6.30. The molecule has 0 saturated heterocycles. The lowest BCUT2D eigenvalue weighted by Gasteiger charge is -2.56. The summed E-state index contributed by atoms with van der Waals surface area (Å²) in [6.07, 6.45) is 11.9. The van der Waals surface area contributed by atoms with Gasteiger partial charge >= 0.3 is 0 Å². The molecule has 5 nitrogen and oxygen atoms in total. The molecule has 0 spiro atoms. The topological polar surface area (TPSA) is 92.5 Å². The molecular weight excluding hydrogens is 412 g/mol. The van der Waals surface area contributed by atoms with Crippen LogP contribution in [0.15, 0.2) is 52.0 Å².